The van der Waals surface area contributed by atoms with Crippen molar-refractivity contribution in [1.29, 1.82) is 0 Å². The third-order valence-corrected chi connectivity index (χ3v) is 3.17. The number of benzene rings is 1. The van der Waals surface area contributed by atoms with Crippen LogP contribution in [-0.2, 0) is 20.7 Å². The first kappa shape index (κ1) is 19.2. The van der Waals surface area contributed by atoms with Crippen LogP contribution in [-0.4, -0.2) is 40.0 Å². The van der Waals surface area contributed by atoms with E-state index in [4.69, 9.17) is 14.2 Å². The molecular weight excluding hydrogens is 315 g/mol. The van der Waals surface area contributed by atoms with E-state index in [-0.39, 0.29) is 6.54 Å². The summed E-state index contributed by atoms with van der Waals surface area (Å²) < 4.78 is 51.8. The Labute approximate surface area is 132 Å². The SMILES string of the molecule is COc1ccc(C(OC)OC)cc1CCCNC(=O)C(F)(F)F. The maximum absolute atomic E-state index is 12.1. The fourth-order valence-electron chi connectivity index (χ4n) is 2.09. The minimum Gasteiger partial charge on any atom is -0.496 e. The number of ether oxygens (including phenoxy) is 3. The number of alkyl halides is 3. The van der Waals surface area contributed by atoms with Crippen LogP contribution in [0.5, 0.6) is 5.75 Å². The summed E-state index contributed by atoms with van der Waals surface area (Å²) >= 11 is 0. The number of carbonyl (C=O) groups is 1. The lowest BCUT2D eigenvalue weighted by molar-refractivity contribution is -0.173. The minimum atomic E-state index is -4.86. The number of nitrogens with one attached hydrogen (secondary N) is 1. The van der Waals surface area contributed by atoms with Crippen LogP contribution in [0.3, 0.4) is 0 Å². The Balaban J connectivity index is 2.67. The number of amides is 1. The average Bonchev–Trinajstić information content (AvgIpc) is 2.51. The number of hydrogen-bond acceptors (Lipinski definition) is 4. The second-order valence-electron chi connectivity index (χ2n) is 4.73. The predicted molar refractivity (Wildman–Crippen MR) is 77.1 cm³/mol. The molecule has 5 nitrogen and oxygen atoms in total. The Bertz CT molecular complexity index is 516. The lowest BCUT2D eigenvalue weighted by Gasteiger charge is -2.16. The Morgan fingerprint density at radius 3 is 2.39 bits per heavy atom. The molecule has 130 valence electrons. The molecule has 0 aromatic heterocycles. The summed E-state index contributed by atoms with van der Waals surface area (Å²) in [7, 11) is 4.52. The zero-order valence-corrected chi connectivity index (χ0v) is 13.2. The maximum Gasteiger partial charge on any atom is 0.471 e. The van der Waals surface area contributed by atoms with Crippen molar-refractivity contribution in [1.82, 2.24) is 5.32 Å². The number of carbonyl (C=O) groups excluding carboxylic acids is 1. The van der Waals surface area contributed by atoms with E-state index >= 15 is 0 Å². The minimum absolute atomic E-state index is 0.0797. The van der Waals surface area contributed by atoms with Crippen LogP contribution in [0.2, 0.25) is 0 Å². The molecule has 0 heterocycles. The maximum atomic E-state index is 12.1. The molecule has 0 aliphatic rings. The predicted octanol–water partition coefficient (Wildman–Crippen LogP) is 2.60. The molecule has 0 saturated carbocycles. The van der Waals surface area contributed by atoms with Crippen LogP contribution >= 0.6 is 0 Å². The van der Waals surface area contributed by atoms with Crippen molar-refractivity contribution < 1.29 is 32.2 Å². The van der Waals surface area contributed by atoms with Crippen LogP contribution in [0.1, 0.15) is 23.8 Å². The first-order valence-corrected chi connectivity index (χ1v) is 6.91. The first-order valence-electron chi connectivity index (χ1n) is 6.91. The first-order chi connectivity index (χ1) is 10.8. The van der Waals surface area contributed by atoms with Gasteiger partial charge in [-0.2, -0.15) is 13.2 Å². The van der Waals surface area contributed by atoms with Gasteiger partial charge in [-0.3, -0.25) is 4.79 Å². The van der Waals surface area contributed by atoms with Crippen molar-refractivity contribution in [2.24, 2.45) is 0 Å². The van der Waals surface area contributed by atoms with Gasteiger partial charge in [-0.1, -0.05) is 6.07 Å². The van der Waals surface area contributed by atoms with Crippen molar-refractivity contribution in [3.05, 3.63) is 29.3 Å². The molecule has 0 spiro atoms. The molecule has 0 bridgehead atoms. The Morgan fingerprint density at radius 2 is 1.87 bits per heavy atom. The van der Waals surface area contributed by atoms with Crippen LogP contribution in [0.25, 0.3) is 0 Å². The molecule has 1 aromatic carbocycles. The Kier molecular flexibility index (Phi) is 7.31. The van der Waals surface area contributed by atoms with Crippen LogP contribution in [0.4, 0.5) is 13.2 Å². The van der Waals surface area contributed by atoms with Gasteiger partial charge in [0.1, 0.15) is 5.75 Å². The van der Waals surface area contributed by atoms with Crippen molar-refractivity contribution in [2.45, 2.75) is 25.3 Å². The molecule has 8 heteroatoms. The van der Waals surface area contributed by atoms with Gasteiger partial charge in [0.15, 0.2) is 6.29 Å². The monoisotopic (exact) mass is 335 g/mol. The molecule has 1 aromatic rings. The zero-order valence-electron chi connectivity index (χ0n) is 13.2. The fraction of sp³-hybridized carbons (Fsp3) is 0.533. The molecule has 1 rings (SSSR count). The van der Waals surface area contributed by atoms with E-state index in [0.717, 1.165) is 11.1 Å². The van der Waals surface area contributed by atoms with E-state index in [2.05, 4.69) is 0 Å². The van der Waals surface area contributed by atoms with E-state index in [1.807, 2.05) is 11.4 Å². The van der Waals surface area contributed by atoms with Crippen molar-refractivity contribution in [3.8, 4) is 5.75 Å². The summed E-state index contributed by atoms with van der Waals surface area (Å²) in [5.74, 6) is -1.32. The van der Waals surface area contributed by atoms with E-state index < -0.39 is 18.4 Å². The molecule has 0 radical (unpaired) electrons. The number of rotatable bonds is 8. The highest BCUT2D eigenvalue weighted by Gasteiger charge is 2.38. The lowest BCUT2D eigenvalue weighted by atomic mass is 10.0. The number of halogens is 3. The third kappa shape index (κ3) is 5.72. The lowest BCUT2D eigenvalue weighted by Crippen LogP contribution is -2.37. The van der Waals surface area contributed by atoms with Crippen LogP contribution < -0.4 is 10.1 Å². The molecule has 1 amide bonds. The van der Waals surface area contributed by atoms with Crippen LogP contribution in [0.15, 0.2) is 18.2 Å². The Morgan fingerprint density at radius 1 is 1.22 bits per heavy atom. The van der Waals surface area contributed by atoms with Gasteiger partial charge >= 0.3 is 12.1 Å². The van der Waals surface area contributed by atoms with Gasteiger partial charge in [0.05, 0.1) is 7.11 Å². The topological polar surface area (TPSA) is 56.8 Å². The summed E-state index contributed by atoms with van der Waals surface area (Å²) in [5.41, 5.74) is 1.57. The number of aryl methyl sites for hydroxylation is 1. The second-order valence-corrected chi connectivity index (χ2v) is 4.73. The fourth-order valence-corrected chi connectivity index (χ4v) is 2.09. The third-order valence-electron chi connectivity index (χ3n) is 3.17. The van der Waals surface area contributed by atoms with Gasteiger partial charge in [0, 0.05) is 26.3 Å². The molecule has 0 saturated heterocycles. The molecule has 0 aliphatic carbocycles. The standard InChI is InChI=1S/C15H20F3NO4/c1-21-12-7-6-11(13(22-2)23-3)9-10(12)5-4-8-19-14(20)15(16,17)18/h6-7,9,13H,4-5,8H2,1-3H3,(H,19,20). The highest BCUT2D eigenvalue weighted by molar-refractivity contribution is 5.81. The summed E-state index contributed by atoms with van der Waals surface area (Å²) in [6, 6.07) is 5.33. The smallest absolute Gasteiger partial charge is 0.471 e. The molecule has 0 unspecified atom stereocenters. The summed E-state index contributed by atoms with van der Waals surface area (Å²) in [5, 5.41) is 1.84. The summed E-state index contributed by atoms with van der Waals surface area (Å²) in [6.07, 6.45) is -4.62. The van der Waals surface area contributed by atoms with Gasteiger partial charge in [0.25, 0.3) is 0 Å². The van der Waals surface area contributed by atoms with Gasteiger partial charge in [-0.15, -0.1) is 0 Å². The number of hydrogen-bond donors (Lipinski definition) is 1. The normalized spacial score (nSPS) is 11.6. The van der Waals surface area contributed by atoms with E-state index in [0.29, 0.717) is 18.6 Å². The van der Waals surface area contributed by atoms with Crippen molar-refractivity contribution in [3.63, 3.8) is 0 Å². The summed E-state index contributed by atoms with van der Waals surface area (Å²) in [4.78, 5) is 10.7. The molecular formula is C15H20F3NO4. The molecule has 1 N–H and O–H groups in total. The molecule has 0 aliphatic heterocycles. The zero-order chi connectivity index (χ0) is 17.5. The van der Waals surface area contributed by atoms with E-state index in [1.165, 1.54) is 21.3 Å². The largest absolute Gasteiger partial charge is 0.496 e. The molecule has 0 atom stereocenters. The van der Waals surface area contributed by atoms with Crippen molar-refractivity contribution >= 4 is 5.91 Å². The van der Waals surface area contributed by atoms with Crippen LogP contribution in [0, 0.1) is 0 Å². The average molecular weight is 335 g/mol. The summed E-state index contributed by atoms with van der Waals surface area (Å²) in [6.45, 7) is -0.0797. The highest BCUT2D eigenvalue weighted by atomic mass is 19.4. The highest BCUT2D eigenvalue weighted by Crippen LogP contribution is 2.26. The van der Waals surface area contributed by atoms with Gasteiger partial charge in [-0.05, 0) is 30.5 Å². The van der Waals surface area contributed by atoms with Gasteiger partial charge < -0.3 is 19.5 Å². The van der Waals surface area contributed by atoms with Crippen molar-refractivity contribution in [2.75, 3.05) is 27.9 Å². The number of methoxy groups -OCH3 is 3. The molecule has 23 heavy (non-hydrogen) atoms. The molecule has 0 fully saturated rings. The second kappa shape index (κ2) is 8.73. The van der Waals surface area contributed by atoms with Gasteiger partial charge in [0.2, 0.25) is 0 Å². The quantitative estimate of drug-likeness (QED) is 0.586. The van der Waals surface area contributed by atoms with Gasteiger partial charge in [-0.25, -0.2) is 0 Å². The van der Waals surface area contributed by atoms with E-state index in [1.54, 1.807) is 12.1 Å². The Hall–Kier alpha value is -1.80. The van der Waals surface area contributed by atoms with E-state index in [9.17, 15) is 18.0 Å².